The van der Waals surface area contributed by atoms with Gasteiger partial charge in [0.15, 0.2) is 0 Å². The van der Waals surface area contributed by atoms with Crippen LogP contribution in [-0.2, 0) is 10.0 Å². The first-order valence-corrected chi connectivity index (χ1v) is 7.84. The van der Waals surface area contributed by atoms with Crippen LogP contribution in [0, 0.1) is 6.92 Å². The molecule has 0 aliphatic carbocycles. The van der Waals surface area contributed by atoms with Crippen LogP contribution in [0.2, 0.25) is 0 Å². The molecule has 1 aliphatic heterocycles. The summed E-state index contributed by atoms with van der Waals surface area (Å²) in [4.78, 5) is 11.7. The lowest BCUT2D eigenvalue weighted by Gasteiger charge is -2.30. The molecule has 0 aromatic heterocycles. The average Bonchev–Trinajstić information content (AvgIpc) is 2.66. The van der Waals surface area contributed by atoms with Crippen LogP contribution in [0.1, 0.15) is 18.9 Å². The minimum absolute atomic E-state index is 0.0199. The van der Waals surface area contributed by atoms with E-state index in [0.717, 1.165) is 5.56 Å². The van der Waals surface area contributed by atoms with Crippen LogP contribution in [0.15, 0.2) is 29.2 Å². The molecule has 1 fully saturated rings. The Hall–Kier alpha value is -1.44. The van der Waals surface area contributed by atoms with Gasteiger partial charge in [0.25, 0.3) is 0 Å². The Morgan fingerprint density at radius 1 is 1.35 bits per heavy atom. The van der Waals surface area contributed by atoms with E-state index in [2.05, 4.69) is 0 Å². The van der Waals surface area contributed by atoms with Crippen molar-refractivity contribution in [3.63, 3.8) is 0 Å². The van der Waals surface area contributed by atoms with Crippen LogP contribution < -0.4 is 5.73 Å². The topological polar surface area (TPSA) is 97.5 Å². The molecule has 1 amide bonds. The van der Waals surface area contributed by atoms with E-state index in [1.54, 1.807) is 19.1 Å². The van der Waals surface area contributed by atoms with E-state index >= 15 is 0 Å². The van der Waals surface area contributed by atoms with Gasteiger partial charge in [-0.15, -0.1) is 3.89 Å². The zero-order valence-corrected chi connectivity index (χ0v) is 12.3. The normalized spacial score (nSPS) is 30.4. The lowest BCUT2D eigenvalue weighted by atomic mass is 10.2. The molecule has 0 spiro atoms. The number of nitrogens with two attached hydrogens (primary N) is 1. The maximum Gasteiger partial charge on any atom is 0.529 e. The molecule has 6 nitrogen and oxygen atoms in total. The Labute approximate surface area is 118 Å². The molecule has 1 aromatic rings. The molecule has 0 radical (unpaired) electrons. The first-order chi connectivity index (χ1) is 9.21. The van der Waals surface area contributed by atoms with Crippen LogP contribution >= 0.6 is 0 Å². The molecule has 7 heteroatoms. The molecular weight excluding hydrogens is 280 g/mol. The van der Waals surface area contributed by atoms with Crippen LogP contribution in [0.4, 0.5) is 4.79 Å². The van der Waals surface area contributed by atoms with Gasteiger partial charge in [-0.25, -0.2) is 0 Å². The fourth-order valence-electron chi connectivity index (χ4n) is 2.81. The van der Waals surface area contributed by atoms with E-state index < -0.39 is 32.1 Å². The molecule has 3 N–H and O–H groups in total. The number of quaternary nitrogens is 1. The third-order valence-corrected chi connectivity index (χ3v) is 6.32. The number of hydrogen-bond donors (Lipinski definition) is 2. The number of hydrogen-bond acceptors (Lipinski definition) is 4. The lowest BCUT2D eigenvalue weighted by molar-refractivity contribution is -0.742. The number of likely N-dealkylation sites (tertiary alicyclic amines) is 1. The highest BCUT2D eigenvalue weighted by atomic mass is 32.2. The highest BCUT2D eigenvalue weighted by Gasteiger charge is 2.59. The van der Waals surface area contributed by atoms with Crippen LogP contribution in [0.5, 0.6) is 0 Å². The summed E-state index contributed by atoms with van der Waals surface area (Å²) < 4.78 is 24.6. The Bertz CT molecular complexity index is 626. The average molecular weight is 299 g/mol. The van der Waals surface area contributed by atoms with Crippen molar-refractivity contribution >= 4 is 16.1 Å². The summed E-state index contributed by atoms with van der Waals surface area (Å²) in [5.74, 6) is 0. The van der Waals surface area contributed by atoms with Crippen molar-refractivity contribution in [2.45, 2.75) is 37.2 Å². The smallest absolute Gasteiger partial charge is 0.435 e. The highest BCUT2D eigenvalue weighted by Crippen LogP contribution is 2.35. The van der Waals surface area contributed by atoms with Gasteiger partial charge >= 0.3 is 16.1 Å². The number of sulfonamides is 1. The van der Waals surface area contributed by atoms with E-state index in [1.807, 2.05) is 6.92 Å². The SMILES string of the molecule is Cc1ccc(S(=O)(=O)[N@@+]2(C(=O)O)CC(N)CC2C)cc1. The summed E-state index contributed by atoms with van der Waals surface area (Å²) in [5, 5.41) is 9.54. The molecule has 2 unspecified atom stereocenters. The van der Waals surface area contributed by atoms with Crippen molar-refractivity contribution in [2.75, 3.05) is 6.54 Å². The van der Waals surface area contributed by atoms with Crippen molar-refractivity contribution < 1.29 is 22.2 Å². The molecule has 1 aromatic carbocycles. The molecule has 0 bridgehead atoms. The van der Waals surface area contributed by atoms with E-state index in [0.29, 0.717) is 6.42 Å². The van der Waals surface area contributed by atoms with Gasteiger partial charge in [-0.1, -0.05) is 17.7 Å². The quantitative estimate of drug-likeness (QED) is 0.802. The van der Waals surface area contributed by atoms with Crippen LogP contribution in [-0.4, -0.2) is 42.1 Å². The molecule has 1 aliphatic rings. The largest absolute Gasteiger partial charge is 0.529 e. The molecule has 110 valence electrons. The van der Waals surface area contributed by atoms with Gasteiger partial charge in [0.2, 0.25) is 0 Å². The number of benzene rings is 1. The number of carboxylic acid groups (broad SMARTS) is 1. The second-order valence-corrected chi connectivity index (χ2v) is 7.47. The van der Waals surface area contributed by atoms with E-state index in [-0.39, 0.29) is 11.4 Å². The fraction of sp³-hybridized carbons (Fsp3) is 0.462. The Balaban J connectivity index is 2.60. The summed E-state index contributed by atoms with van der Waals surface area (Å²) in [5.41, 5.74) is 6.71. The summed E-state index contributed by atoms with van der Waals surface area (Å²) in [6.07, 6.45) is -0.997. The predicted octanol–water partition coefficient (Wildman–Crippen LogP) is 1.30. The maximum absolute atomic E-state index is 12.8. The van der Waals surface area contributed by atoms with Crippen LogP contribution in [0.3, 0.4) is 0 Å². The molecule has 20 heavy (non-hydrogen) atoms. The summed E-state index contributed by atoms with van der Waals surface area (Å²) in [6, 6.07) is 5.21. The Morgan fingerprint density at radius 3 is 2.30 bits per heavy atom. The monoisotopic (exact) mass is 299 g/mol. The van der Waals surface area contributed by atoms with Crippen molar-refractivity contribution in [1.29, 1.82) is 0 Å². The molecule has 2 rings (SSSR count). The third kappa shape index (κ3) is 2.02. The van der Waals surface area contributed by atoms with Crippen molar-refractivity contribution in [2.24, 2.45) is 5.73 Å². The zero-order chi connectivity index (χ0) is 15.1. The van der Waals surface area contributed by atoms with Crippen LogP contribution in [0.25, 0.3) is 0 Å². The van der Waals surface area contributed by atoms with Gasteiger partial charge in [-0.05, 0) is 26.0 Å². The van der Waals surface area contributed by atoms with Gasteiger partial charge in [-0.2, -0.15) is 13.2 Å². The van der Waals surface area contributed by atoms with E-state index in [4.69, 9.17) is 5.73 Å². The molecule has 1 heterocycles. The third-order valence-electron chi connectivity index (χ3n) is 3.93. The molecule has 3 atom stereocenters. The summed E-state index contributed by atoms with van der Waals surface area (Å²) in [7, 11) is -4.04. The van der Waals surface area contributed by atoms with Gasteiger partial charge in [0.05, 0.1) is 6.04 Å². The number of rotatable bonds is 2. The Kier molecular flexibility index (Phi) is 3.62. The molecular formula is C13H19N2O4S+. The zero-order valence-electron chi connectivity index (χ0n) is 11.5. The van der Waals surface area contributed by atoms with Gasteiger partial charge < -0.3 is 10.8 Å². The number of aryl methyl sites for hydroxylation is 1. The minimum Gasteiger partial charge on any atom is -0.435 e. The van der Waals surface area contributed by atoms with Crippen molar-refractivity contribution in [3.05, 3.63) is 29.8 Å². The van der Waals surface area contributed by atoms with E-state index in [1.165, 1.54) is 12.1 Å². The number of carbonyl (C=O) groups is 1. The first kappa shape index (κ1) is 15.0. The summed E-state index contributed by atoms with van der Waals surface area (Å²) >= 11 is 0. The second-order valence-electron chi connectivity index (χ2n) is 5.39. The lowest BCUT2D eigenvalue weighted by Crippen LogP contribution is -2.58. The fourth-order valence-corrected chi connectivity index (χ4v) is 4.82. The van der Waals surface area contributed by atoms with Crippen molar-refractivity contribution in [3.8, 4) is 0 Å². The van der Waals surface area contributed by atoms with Gasteiger partial charge in [-0.3, -0.25) is 0 Å². The molecule has 0 saturated carbocycles. The first-order valence-electron chi connectivity index (χ1n) is 6.40. The van der Waals surface area contributed by atoms with Gasteiger partial charge in [0.1, 0.15) is 17.5 Å². The van der Waals surface area contributed by atoms with E-state index in [9.17, 15) is 18.3 Å². The second kappa shape index (κ2) is 4.83. The maximum atomic E-state index is 12.8. The predicted molar refractivity (Wildman–Crippen MR) is 73.6 cm³/mol. The van der Waals surface area contributed by atoms with Gasteiger partial charge in [0, 0.05) is 6.42 Å². The minimum atomic E-state index is -4.04. The Morgan fingerprint density at radius 2 is 1.90 bits per heavy atom. The standard InChI is InChI=1S/C13H18N2O4S/c1-9-3-5-12(6-4-9)20(18,19)15(13(16)17)8-11(14)7-10(15)2/h3-6,10-11H,7-8,14H2,1-2H3/p+1/t10?,11?,15-/m0/s1. The summed E-state index contributed by atoms with van der Waals surface area (Å²) in [6.45, 7) is 3.35. The van der Waals surface area contributed by atoms with Crippen molar-refractivity contribution in [1.82, 2.24) is 0 Å². The number of amides is 1. The number of nitrogens with zero attached hydrogens (tertiary/aromatic N) is 1. The highest BCUT2D eigenvalue weighted by molar-refractivity contribution is 7.86. The molecule has 1 saturated heterocycles.